The Bertz CT molecular complexity index is 707. The molecule has 4 nitrogen and oxygen atoms in total. The Labute approximate surface area is 123 Å². The van der Waals surface area contributed by atoms with E-state index in [2.05, 4.69) is 33.5 Å². The number of aromatic nitrogens is 2. The van der Waals surface area contributed by atoms with Crippen LogP contribution in [-0.4, -0.2) is 15.8 Å². The Morgan fingerprint density at radius 2 is 2.10 bits per heavy atom. The summed E-state index contributed by atoms with van der Waals surface area (Å²) in [5, 5.41) is 3.26. The van der Waals surface area contributed by atoms with Crippen molar-refractivity contribution in [2.45, 2.75) is 38.0 Å². The van der Waals surface area contributed by atoms with Crippen LogP contribution in [0.3, 0.4) is 0 Å². The Morgan fingerprint density at radius 1 is 1.19 bits per heavy atom. The fraction of sp³-hybridized carbons (Fsp3) is 0.353. The van der Waals surface area contributed by atoms with Crippen LogP contribution >= 0.6 is 0 Å². The van der Waals surface area contributed by atoms with Crippen LogP contribution in [0.1, 0.15) is 53.2 Å². The highest BCUT2D eigenvalue weighted by atomic mass is 16.1. The van der Waals surface area contributed by atoms with Crippen LogP contribution in [0.25, 0.3) is 0 Å². The van der Waals surface area contributed by atoms with Crippen molar-refractivity contribution in [1.82, 2.24) is 9.97 Å². The largest absolute Gasteiger partial charge is 0.324 e. The van der Waals surface area contributed by atoms with Crippen molar-refractivity contribution >= 4 is 17.4 Å². The van der Waals surface area contributed by atoms with Gasteiger partial charge < -0.3 is 5.32 Å². The summed E-state index contributed by atoms with van der Waals surface area (Å²) in [6, 6.07) is 8.44. The third-order valence-electron chi connectivity index (χ3n) is 4.18. The number of fused-ring (bicyclic) bond motifs is 1. The van der Waals surface area contributed by atoms with E-state index in [1.54, 1.807) is 6.20 Å². The number of carbonyl (C=O) groups is 1. The molecule has 2 aliphatic carbocycles. The first-order valence-electron chi connectivity index (χ1n) is 7.56. The standard InChI is InChI=1S/C17H17N3O/c21-16-6-2-5-15-14(16)10-18-17(20-15)19-13-4-1-3-12(9-13)11-7-8-11/h1,3-4,9-11H,2,5-8H2,(H,18,19,20). The minimum Gasteiger partial charge on any atom is -0.324 e. The molecule has 0 atom stereocenters. The van der Waals surface area contributed by atoms with E-state index in [4.69, 9.17) is 0 Å². The van der Waals surface area contributed by atoms with E-state index in [1.165, 1.54) is 18.4 Å². The Balaban J connectivity index is 1.59. The second-order valence-corrected chi connectivity index (χ2v) is 5.86. The molecule has 2 aliphatic rings. The molecule has 106 valence electrons. The molecule has 1 heterocycles. The van der Waals surface area contributed by atoms with Crippen molar-refractivity contribution in [3.05, 3.63) is 47.3 Å². The Morgan fingerprint density at radius 3 is 2.95 bits per heavy atom. The number of anilines is 2. The summed E-state index contributed by atoms with van der Waals surface area (Å²) in [7, 11) is 0. The number of ketones is 1. The summed E-state index contributed by atoms with van der Waals surface area (Å²) in [5.74, 6) is 1.48. The second kappa shape index (κ2) is 4.95. The van der Waals surface area contributed by atoms with E-state index in [-0.39, 0.29) is 5.78 Å². The minimum atomic E-state index is 0.165. The van der Waals surface area contributed by atoms with Gasteiger partial charge in [-0.25, -0.2) is 9.97 Å². The molecule has 1 N–H and O–H groups in total. The first kappa shape index (κ1) is 12.5. The molecule has 0 saturated heterocycles. The van der Waals surface area contributed by atoms with Gasteiger partial charge >= 0.3 is 0 Å². The van der Waals surface area contributed by atoms with Crippen LogP contribution in [0.4, 0.5) is 11.6 Å². The first-order valence-corrected chi connectivity index (χ1v) is 7.56. The maximum Gasteiger partial charge on any atom is 0.227 e. The number of carbonyl (C=O) groups excluding carboxylic acids is 1. The molecule has 0 bridgehead atoms. The van der Waals surface area contributed by atoms with Gasteiger partial charge in [0.2, 0.25) is 5.95 Å². The van der Waals surface area contributed by atoms with Crippen molar-refractivity contribution in [3.8, 4) is 0 Å². The molecule has 1 aromatic carbocycles. The molecule has 1 aromatic heterocycles. The Kier molecular flexibility index (Phi) is 2.95. The molecular formula is C17H17N3O. The SMILES string of the molecule is O=C1CCCc2nc(Nc3cccc(C4CC4)c3)ncc21. The molecule has 1 fully saturated rings. The maximum atomic E-state index is 11.8. The van der Waals surface area contributed by atoms with Gasteiger partial charge in [-0.3, -0.25) is 4.79 Å². The fourth-order valence-corrected chi connectivity index (χ4v) is 2.87. The molecule has 2 aromatic rings. The third-order valence-corrected chi connectivity index (χ3v) is 4.18. The van der Waals surface area contributed by atoms with Crippen LogP contribution in [0.2, 0.25) is 0 Å². The van der Waals surface area contributed by atoms with Gasteiger partial charge in [-0.05, 0) is 49.3 Å². The maximum absolute atomic E-state index is 11.8. The van der Waals surface area contributed by atoms with Gasteiger partial charge in [0, 0.05) is 18.3 Å². The predicted molar refractivity (Wildman–Crippen MR) is 81.0 cm³/mol. The number of nitrogens with zero attached hydrogens (tertiary/aromatic N) is 2. The van der Waals surface area contributed by atoms with Crippen LogP contribution in [0.5, 0.6) is 0 Å². The Hall–Kier alpha value is -2.23. The van der Waals surface area contributed by atoms with Gasteiger partial charge in [-0.15, -0.1) is 0 Å². The van der Waals surface area contributed by atoms with Crippen LogP contribution in [-0.2, 0) is 6.42 Å². The van der Waals surface area contributed by atoms with E-state index >= 15 is 0 Å². The summed E-state index contributed by atoms with van der Waals surface area (Å²) in [5.41, 5.74) is 3.97. The fourth-order valence-electron chi connectivity index (χ4n) is 2.87. The summed E-state index contributed by atoms with van der Waals surface area (Å²) in [6.07, 6.45) is 6.62. The summed E-state index contributed by atoms with van der Waals surface area (Å²) in [4.78, 5) is 20.6. The lowest BCUT2D eigenvalue weighted by atomic mass is 9.96. The monoisotopic (exact) mass is 279 g/mol. The molecule has 0 aliphatic heterocycles. The average Bonchev–Trinajstić information content (AvgIpc) is 3.32. The van der Waals surface area contributed by atoms with Crippen LogP contribution in [0, 0.1) is 0 Å². The first-order chi connectivity index (χ1) is 10.3. The molecular weight excluding hydrogens is 262 g/mol. The van der Waals surface area contributed by atoms with Crippen molar-refractivity contribution in [2.75, 3.05) is 5.32 Å². The summed E-state index contributed by atoms with van der Waals surface area (Å²) >= 11 is 0. The number of hydrogen-bond donors (Lipinski definition) is 1. The van der Waals surface area contributed by atoms with E-state index in [0.29, 0.717) is 17.9 Å². The zero-order valence-electron chi connectivity index (χ0n) is 11.8. The van der Waals surface area contributed by atoms with Crippen molar-refractivity contribution in [1.29, 1.82) is 0 Å². The van der Waals surface area contributed by atoms with Crippen LogP contribution < -0.4 is 5.32 Å². The third kappa shape index (κ3) is 2.53. The van der Waals surface area contributed by atoms with Crippen molar-refractivity contribution in [3.63, 3.8) is 0 Å². The molecule has 0 radical (unpaired) electrons. The normalized spacial score (nSPS) is 17.4. The summed E-state index contributed by atoms with van der Waals surface area (Å²) in [6.45, 7) is 0. The van der Waals surface area contributed by atoms with Gasteiger partial charge in [-0.2, -0.15) is 0 Å². The van der Waals surface area contributed by atoms with E-state index in [1.807, 2.05) is 6.07 Å². The molecule has 4 rings (SSSR count). The highest BCUT2D eigenvalue weighted by Gasteiger charge is 2.23. The number of Topliss-reactive ketones (excluding diaryl/α,β-unsaturated/α-hetero) is 1. The topological polar surface area (TPSA) is 54.9 Å². The van der Waals surface area contributed by atoms with Gasteiger partial charge in [0.15, 0.2) is 5.78 Å². The lowest BCUT2D eigenvalue weighted by Crippen LogP contribution is -2.14. The van der Waals surface area contributed by atoms with Gasteiger partial charge in [0.05, 0.1) is 11.3 Å². The van der Waals surface area contributed by atoms with Crippen molar-refractivity contribution in [2.24, 2.45) is 0 Å². The lowest BCUT2D eigenvalue weighted by Gasteiger charge is -2.14. The molecule has 4 heteroatoms. The lowest BCUT2D eigenvalue weighted by molar-refractivity contribution is 0.0971. The number of aryl methyl sites for hydroxylation is 1. The highest BCUT2D eigenvalue weighted by Crippen LogP contribution is 2.40. The average molecular weight is 279 g/mol. The number of rotatable bonds is 3. The predicted octanol–water partition coefficient (Wildman–Crippen LogP) is 3.62. The molecule has 0 amide bonds. The number of benzene rings is 1. The van der Waals surface area contributed by atoms with E-state index in [9.17, 15) is 4.79 Å². The molecule has 1 saturated carbocycles. The van der Waals surface area contributed by atoms with Crippen LogP contribution in [0.15, 0.2) is 30.5 Å². The molecule has 0 spiro atoms. The zero-order valence-corrected chi connectivity index (χ0v) is 11.8. The number of nitrogens with one attached hydrogen (secondary N) is 1. The zero-order chi connectivity index (χ0) is 14.2. The molecule has 0 unspecified atom stereocenters. The highest BCUT2D eigenvalue weighted by molar-refractivity contribution is 5.97. The van der Waals surface area contributed by atoms with E-state index < -0.39 is 0 Å². The van der Waals surface area contributed by atoms with Gasteiger partial charge in [0.1, 0.15) is 0 Å². The van der Waals surface area contributed by atoms with Gasteiger partial charge in [0.25, 0.3) is 0 Å². The second-order valence-electron chi connectivity index (χ2n) is 5.86. The number of hydrogen-bond acceptors (Lipinski definition) is 4. The summed E-state index contributed by atoms with van der Waals surface area (Å²) < 4.78 is 0. The smallest absolute Gasteiger partial charge is 0.227 e. The van der Waals surface area contributed by atoms with Crippen molar-refractivity contribution < 1.29 is 4.79 Å². The minimum absolute atomic E-state index is 0.165. The van der Waals surface area contributed by atoms with E-state index in [0.717, 1.165) is 30.1 Å². The molecule has 21 heavy (non-hydrogen) atoms. The quantitative estimate of drug-likeness (QED) is 0.932. The van der Waals surface area contributed by atoms with Gasteiger partial charge in [-0.1, -0.05) is 12.1 Å².